The van der Waals surface area contributed by atoms with Crippen molar-refractivity contribution in [3.05, 3.63) is 106 Å². The lowest BCUT2D eigenvalue weighted by molar-refractivity contribution is -0.122. The number of carbonyl (C=O) groups is 3. The maximum absolute atomic E-state index is 14.1. The van der Waals surface area contributed by atoms with Crippen molar-refractivity contribution in [1.29, 1.82) is 0 Å². The topological polar surface area (TPSA) is 141 Å². The van der Waals surface area contributed by atoms with Gasteiger partial charge in [-0.25, -0.2) is 0 Å². The van der Waals surface area contributed by atoms with Gasteiger partial charge in [-0.3, -0.25) is 19.3 Å². The van der Waals surface area contributed by atoms with Gasteiger partial charge in [-0.15, -0.1) is 0 Å². The minimum atomic E-state index is -1.09. The van der Waals surface area contributed by atoms with Gasteiger partial charge in [0.1, 0.15) is 16.7 Å². The molecular formula is C28H27N5O4S. The Bertz CT molecular complexity index is 1450. The Hall–Kier alpha value is -4.70. The molecule has 3 aromatic carbocycles. The summed E-state index contributed by atoms with van der Waals surface area (Å²) in [4.78, 5) is 41.2. The van der Waals surface area contributed by atoms with Crippen LogP contribution in [0.1, 0.15) is 42.9 Å². The number of ether oxygens (including phenoxy) is 1. The van der Waals surface area contributed by atoms with Gasteiger partial charge in [0.15, 0.2) is 5.69 Å². The number of primary amides is 1. The largest absolute Gasteiger partial charge is 0.497 e. The van der Waals surface area contributed by atoms with Crippen LogP contribution in [0.15, 0.2) is 78.9 Å². The smallest absolute Gasteiger partial charge is 0.273 e. The van der Waals surface area contributed by atoms with Crippen LogP contribution in [0, 0.1) is 6.92 Å². The number of amides is 3. The van der Waals surface area contributed by atoms with Crippen LogP contribution in [0.2, 0.25) is 0 Å². The molecule has 0 saturated carbocycles. The molecule has 5 N–H and O–H groups in total. The highest BCUT2D eigenvalue weighted by atomic mass is 32.1. The summed E-state index contributed by atoms with van der Waals surface area (Å²) in [6.07, 6.45) is 0. The van der Waals surface area contributed by atoms with Crippen LogP contribution in [0.4, 0.5) is 11.4 Å². The second-order valence-corrected chi connectivity index (χ2v) is 9.25. The highest BCUT2D eigenvalue weighted by Crippen LogP contribution is 2.35. The number of carbonyl (C=O) groups excluding carboxylic acids is 3. The number of hydrogen-bond acceptors (Lipinski definition) is 7. The highest BCUT2D eigenvalue weighted by molar-refractivity contribution is 7.09. The quantitative estimate of drug-likeness (QED) is 0.301. The van der Waals surface area contributed by atoms with Crippen molar-refractivity contribution in [3.8, 4) is 5.75 Å². The first-order valence-electron chi connectivity index (χ1n) is 11.7. The molecule has 0 radical (unpaired) electrons. The summed E-state index contributed by atoms with van der Waals surface area (Å²) in [5, 5.41) is 2.96. The Kier molecular flexibility index (Phi) is 8.03. The van der Waals surface area contributed by atoms with E-state index in [0.29, 0.717) is 17.0 Å². The van der Waals surface area contributed by atoms with E-state index in [2.05, 4.69) is 9.69 Å². The number of nitrogens with one attached hydrogen (secondary N) is 1. The first-order valence-corrected chi connectivity index (χ1v) is 12.5. The lowest BCUT2D eigenvalue weighted by Gasteiger charge is -2.32. The Balaban J connectivity index is 1.84. The van der Waals surface area contributed by atoms with Gasteiger partial charge in [-0.2, -0.15) is 4.37 Å². The summed E-state index contributed by atoms with van der Waals surface area (Å²) in [7, 11) is 1.55. The van der Waals surface area contributed by atoms with E-state index in [1.165, 1.54) is 4.90 Å². The lowest BCUT2D eigenvalue weighted by Crippen LogP contribution is -2.44. The van der Waals surface area contributed by atoms with Gasteiger partial charge < -0.3 is 21.5 Å². The van der Waals surface area contributed by atoms with Crippen LogP contribution < -0.4 is 26.4 Å². The molecule has 10 heteroatoms. The van der Waals surface area contributed by atoms with E-state index in [-0.39, 0.29) is 22.8 Å². The maximum Gasteiger partial charge on any atom is 0.273 e. The highest BCUT2D eigenvalue weighted by Gasteiger charge is 2.36. The van der Waals surface area contributed by atoms with Crippen molar-refractivity contribution < 1.29 is 19.1 Å². The lowest BCUT2D eigenvalue weighted by atomic mass is 10.0. The molecule has 0 aliphatic heterocycles. The second-order valence-electron chi connectivity index (χ2n) is 8.48. The Morgan fingerprint density at radius 1 is 1.00 bits per heavy atom. The number of anilines is 2. The average Bonchev–Trinajstić information content (AvgIpc) is 3.33. The average molecular weight is 530 g/mol. The predicted molar refractivity (Wildman–Crippen MR) is 147 cm³/mol. The summed E-state index contributed by atoms with van der Waals surface area (Å²) in [5.74, 6) is -1.23. The number of methoxy groups -OCH3 is 1. The summed E-state index contributed by atoms with van der Waals surface area (Å²) >= 11 is 0.763. The fraction of sp³-hybridized carbons (Fsp3) is 0.143. The maximum atomic E-state index is 14.1. The summed E-state index contributed by atoms with van der Waals surface area (Å²) in [6, 6.07) is 22.5. The summed E-state index contributed by atoms with van der Waals surface area (Å²) in [5.41, 5.74) is 13.9. The van der Waals surface area contributed by atoms with Crippen molar-refractivity contribution in [2.24, 2.45) is 5.73 Å². The number of nitrogen functional groups attached to an aromatic ring is 1. The van der Waals surface area contributed by atoms with Gasteiger partial charge in [-0.05, 0) is 53.3 Å². The van der Waals surface area contributed by atoms with E-state index in [9.17, 15) is 14.4 Å². The van der Waals surface area contributed by atoms with Crippen molar-refractivity contribution in [3.63, 3.8) is 0 Å². The molecule has 0 aliphatic carbocycles. The van der Waals surface area contributed by atoms with Gasteiger partial charge in [-0.1, -0.05) is 60.7 Å². The van der Waals surface area contributed by atoms with Crippen molar-refractivity contribution in [1.82, 2.24) is 9.69 Å². The molecule has 0 fully saturated rings. The predicted octanol–water partition coefficient (Wildman–Crippen LogP) is 3.85. The summed E-state index contributed by atoms with van der Waals surface area (Å²) < 4.78 is 9.28. The third kappa shape index (κ3) is 5.50. The number of para-hydroxylation sites is 1. The van der Waals surface area contributed by atoms with Crippen molar-refractivity contribution in [2.45, 2.75) is 19.5 Å². The molecule has 4 rings (SSSR count). The first-order chi connectivity index (χ1) is 18.3. The Labute approximate surface area is 224 Å². The molecule has 0 bridgehead atoms. The number of aryl methyl sites for hydroxylation is 1. The molecule has 38 heavy (non-hydrogen) atoms. The standard InChI is InChI=1S/C28H27N5O4S/c1-17-8-6-7-11-21(17)33(28(36)25-22(29)23(26(30)34)32-38-25)24(19-12-14-20(37-2)15-13-19)27(35)31-16-18-9-4-3-5-10-18/h3-15,24H,16,29H2,1-2H3,(H2,30,34)(H,31,35)/t24-/m0/s1. The minimum absolute atomic E-state index is 0.0106. The van der Waals surface area contributed by atoms with Crippen LogP contribution in [0.3, 0.4) is 0 Å². The van der Waals surface area contributed by atoms with E-state index in [1.54, 1.807) is 43.5 Å². The first kappa shape index (κ1) is 26.4. The van der Waals surface area contributed by atoms with E-state index in [0.717, 1.165) is 22.7 Å². The molecule has 0 spiro atoms. The number of nitrogens with two attached hydrogens (primary N) is 2. The van der Waals surface area contributed by atoms with E-state index >= 15 is 0 Å². The molecule has 0 aliphatic rings. The molecule has 9 nitrogen and oxygen atoms in total. The van der Waals surface area contributed by atoms with E-state index in [1.807, 2.05) is 49.4 Å². The zero-order chi connectivity index (χ0) is 27.2. The van der Waals surface area contributed by atoms with Gasteiger partial charge in [0.25, 0.3) is 11.8 Å². The van der Waals surface area contributed by atoms with Crippen molar-refractivity contribution in [2.75, 3.05) is 17.7 Å². The van der Waals surface area contributed by atoms with Crippen molar-refractivity contribution >= 4 is 40.6 Å². The minimum Gasteiger partial charge on any atom is -0.497 e. The molecule has 1 aromatic heterocycles. The van der Waals surface area contributed by atoms with Crippen LogP contribution in [-0.2, 0) is 11.3 Å². The number of benzene rings is 3. The van der Waals surface area contributed by atoms with Gasteiger partial charge >= 0.3 is 0 Å². The van der Waals surface area contributed by atoms with Crippen LogP contribution >= 0.6 is 11.5 Å². The Morgan fingerprint density at radius 2 is 1.66 bits per heavy atom. The second kappa shape index (κ2) is 11.6. The van der Waals surface area contributed by atoms with Crippen LogP contribution in [0.25, 0.3) is 0 Å². The number of nitrogens with zero attached hydrogens (tertiary/aromatic N) is 2. The third-order valence-corrected chi connectivity index (χ3v) is 6.85. The SMILES string of the molecule is COc1ccc([C@@H](C(=O)NCc2ccccc2)N(C(=O)c2snc(C(N)=O)c2N)c2ccccc2C)cc1. The summed E-state index contributed by atoms with van der Waals surface area (Å²) in [6.45, 7) is 2.10. The van der Waals surface area contributed by atoms with Gasteiger partial charge in [0.2, 0.25) is 5.91 Å². The Morgan fingerprint density at radius 3 is 2.26 bits per heavy atom. The zero-order valence-corrected chi connectivity index (χ0v) is 21.7. The van der Waals surface area contributed by atoms with Crippen LogP contribution in [0.5, 0.6) is 5.75 Å². The molecule has 3 amide bonds. The fourth-order valence-electron chi connectivity index (χ4n) is 4.02. The van der Waals surface area contributed by atoms with Gasteiger partial charge in [0, 0.05) is 12.2 Å². The molecule has 1 atom stereocenters. The third-order valence-electron chi connectivity index (χ3n) is 6.00. The molecular weight excluding hydrogens is 502 g/mol. The monoisotopic (exact) mass is 529 g/mol. The fourth-order valence-corrected chi connectivity index (χ4v) is 4.77. The number of rotatable bonds is 9. The van der Waals surface area contributed by atoms with Crippen LogP contribution in [-0.4, -0.2) is 29.2 Å². The molecule has 4 aromatic rings. The zero-order valence-electron chi connectivity index (χ0n) is 20.9. The number of hydrogen-bond donors (Lipinski definition) is 3. The van der Waals surface area contributed by atoms with Gasteiger partial charge in [0.05, 0.1) is 12.8 Å². The normalized spacial score (nSPS) is 11.4. The molecule has 0 unspecified atom stereocenters. The number of aromatic nitrogens is 1. The van der Waals surface area contributed by atoms with E-state index in [4.69, 9.17) is 16.2 Å². The molecule has 1 heterocycles. The molecule has 0 saturated heterocycles. The van der Waals surface area contributed by atoms with E-state index < -0.39 is 23.8 Å². The molecule has 194 valence electrons.